The molecule has 3 aromatic carbocycles. The highest BCUT2D eigenvalue weighted by Gasteiger charge is 2.43. The molecule has 1 saturated heterocycles. The molecular weight excluding hydrogens is 468 g/mol. The molecular formula is C29H24N4O4. The minimum atomic E-state index is -0.827. The van der Waals surface area contributed by atoms with Crippen LogP contribution in [0.1, 0.15) is 18.9 Å². The van der Waals surface area contributed by atoms with Crippen LogP contribution in [0.15, 0.2) is 83.4 Å². The van der Waals surface area contributed by atoms with E-state index in [2.05, 4.69) is 9.97 Å². The minimum Gasteiger partial charge on any atom is -0.436 e. The molecule has 1 aliphatic rings. The lowest BCUT2D eigenvalue weighted by Crippen LogP contribution is -2.45. The fourth-order valence-electron chi connectivity index (χ4n) is 4.99. The van der Waals surface area contributed by atoms with Crippen LogP contribution in [0.3, 0.4) is 0 Å². The highest BCUT2D eigenvalue weighted by Crippen LogP contribution is 2.30. The maximum Gasteiger partial charge on any atom is 0.257 e. The average molecular weight is 493 g/mol. The Balaban J connectivity index is 1.20. The Morgan fingerprint density at radius 1 is 1.05 bits per heavy atom. The smallest absolute Gasteiger partial charge is 0.257 e. The van der Waals surface area contributed by atoms with Gasteiger partial charge in [-0.3, -0.25) is 14.4 Å². The molecule has 2 aromatic heterocycles. The Morgan fingerprint density at radius 3 is 2.59 bits per heavy atom. The van der Waals surface area contributed by atoms with Crippen molar-refractivity contribution in [2.75, 3.05) is 11.4 Å². The van der Waals surface area contributed by atoms with Crippen LogP contribution in [0.4, 0.5) is 5.69 Å². The molecule has 0 saturated carbocycles. The van der Waals surface area contributed by atoms with Crippen LogP contribution in [0.25, 0.3) is 33.5 Å². The molecule has 8 nitrogen and oxygen atoms in total. The molecule has 0 bridgehead atoms. The number of para-hydroxylation sites is 3. The van der Waals surface area contributed by atoms with Gasteiger partial charge in [0, 0.05) is 36.1 Å². The maximum atomic E-state index is 13.4. The first-order valence-electron chi connectivity index (χ1n) is 12.1. The maximum absolute atomic E-state index is 13.4. The monoisotopic (exact) mass is 492 g/mol. The van der Waals surface area contributed by atoms with Crippen LogP contribution in [0, 0.1) is 0 Å². The topological polar surface area (TPSA) is 99.5 Å². The predicted octanol–water partition coefficient (Wildman–Crippen LogP) is 4.70. The van der Waals surface area contributed by atoms with Crippen molar-refractivity contribution in [2.45, 2.75) is 25.8 Å². The molecule has 1 unspecified atom stereocenters. The number of hydrogen-bond donors (Lipinski definition) is 1. The van der Waals surface area contributed by atoms with Gasteiger partial charge >= 0.3 is 0 Å². The van der Waals surface area contributed by atoms with Gasteiger partial charge in [0.2, 0.25) is 17.7 Å². The second-order valence-corrected chi connectivity index (χ2v) is 9.14. The number of aromatic amines is 1. The summed E-state index contributed by atoms with van der Waals surface area (Å²) in [6, 6.07) is 21.6. The zero-order valence-electron chi connectivity index (χ0n) is 20.2. The molecule has 3 amide bonds. The van der Waals surface area contributed by atoms with Crippen molar-refractivity contribution in [3.63, 3.8) is 0 Å². The summed E-state index contributed by atoms with van der Waals surface area (Å²) in [6.07, 6.45) is 2.45. The van der Waals surface area contributed by atoms with Crippen LogP contribution in [-0.4, -0.2) is 45.2 Å². The molecule has 0 radical (unpaired) electrons. The number of amides is 3. The van der Waals surface area contributed by atoms with E-state index in [0.717, 1.165) is 27.5 Å². The third kappa shape index (κ3) is 4.06. The number of anilines is 1. The van der Waals surface area contributed by atoms with E-state index in [4.69, 9.17) is 4.42 Å². The van der Waals surface area contributed by atoms with Crippen LogP contribution in [-0.2, 0) is 20.8 Å². The van der Waals surface area contributed by atoms with Crippen LogP contribution in [0.5, 0.6) is 0 Å². The number of carbonyl (C=O) groups is 3. The van der Waals surface area contributed by atoms with E-state index in [0.29, 0.717) is 30.1 Å². The lowest BCUT2D eigenvalue weighted by molar-refractivity contribution is -0.136. The highest BCUT2D eigenvalue weighted by molar-refractivity contribution is 6.23. The van der Waals surface area contributed by atoms with Gasteiger partial charge in [0.15, 0.2) is 5.58 Å². The number of fused-ring (bicyclic) bond motifs is 2. The second kappa shape index (κ2) is 9.05. The largest absolute Gasteiger partial charge is 0.436 e. The van der Waals surface area contributed by atoms with E-state index < -0.39 is 11.9 Å². The van der Waals surface area contributed by atoms with Gasteiger partial charge in [0.05, 0.1) is 12.1 Å². The third-order valence-electron chi connectivity index (χ3n) is 6.87. The van der Waals surface area contributed by atoms with Crippen molar-refractivity contribution < 1.29 is 18.8 Å². The van der Waals surface area contributed by atoms with E-state index >= 15 is 0 Å². The lowest BCUT2D eigenvalue weighted by Gasteiger charge is -2.26. The number of oxazole rings is 1. The van der Waals surface area contributed by atoms with Crippen LogP contribution >= 0.6 is 0 Å². The van der Waals surface area contributed by atoms with Crippen LogP contribution < -0.4 is 4.90 Å². The normalized spacial score (nSPS) is 15.7. The number of nitrogens with zero attached hydrogens (tertiary/aromatic N) is 3. The summed E-state index contributed by atoms with van der Waals surface area (Å²) >= 11 is 0. The van der Waals surface area contributed by atoms with Crippen molar-refractivity contribution in [1.82, 2.24) is 14.9 Å². The fourth-order valence-corrected chi connectivity index (χ4v) is 4.99. The number of hydrogen-bond acceptors (Lipinski definition) is 5. The van der Waals surface area contributed by atoms with Gasteiger partial charge in [-0.25, -0.2) is 9.88 Å². The summed E-state index contributed by atoms with van der Waals surface area (Å²) in [5.74, 6) is -0.499. The zero-order valence-corrected chi connectivity index (χ0v) is 20.2. The van der Waals surface area contributed by atoms with Gasteiger partial charge < -0.3 is 14.3 Å². The van der Waals surface area contributed by atoms with Gasteiger partial charge in [0.25, 0.3) is 5.91 Å². The molecule has 1 atom stereocenters. The number of aromatic nitrogens is 2. The Kier molecular flexibility index (Phi) is 5.56. The summed E-state index contributed by atoms with van der Waals surface area (Å²) in [7, 11) is 0. The molecule has 1 fully saturated rings. The first kappa shape index (κ1) is 22.7. The van der Waals surface area contributed by atoms with E-state index in [-0.39, 0.29) is 18.2 Å². The molecule has 6 rings (SSSR count). The molecule has 0 aliphatic carbocycles. The summed E-state index contributed by atoms with van der Waals surface area (Å²) in [5.41, 5.74) is 4.71. The number of rotatable bonds is 6. The van der Waals surface area contributed by atoms with Gasteiger partial charge in [-0.05, 0) is 54.4 Å². The van der Waals surface area contributed by atoms with E-state index in [1.807, 2.05) is 54.7 Å². The third-order valence-corrected chi connectivity index (χ3v) is 6.87. The summed E-state index contributed by atoms with van der Waals surface area (Å²) < 4.78 is 5.82. The lowest BCUT2D eigenvalue weighted by atomic mass is 10.1. The molecule has 184 valence electrons. The first-order chi connectivity index (χ1) is 18.0. The number of carbonyl (C=O) groups excluding carboxylic acids is 3. The molecule has 3 heterocycles. The second-order valence-electron chi connectivity index (χ2n) is 9.14. The highest BCUT2D eigenvalue weighted by atomic mass is 16.3. The van der Waals surface area contributed by atoms with Gasteiger partial charge in [-0.1, -0.05) is 30.3 Å². The van der Waals surface area contributed by atoms with Crippen molar-refractivity contribution in [2.24, 2.45) is 0 Å². The van der Waals surface area contributed by atoms with Gasteiger partial charge in [-0.2, -0.15) is 0 Å². The Hall–Kier alpha value is -4.72. The summed E-state index contributed by atoms with van der Waals surface area (Å²) in [5, 5.41) is 1.08. The summed E-state index contributed by atoms with van der Waals surface area (Å²) in [4.78, 5) is 49.3. The quantitative estimate of drug-likeness (QED) is 0.347. The summed E-state index contributed by atoms with van der Waals surface area (Å²) in [6.45, 7) is 1.77. The Labute approximate surface area is 212 Å². The molecule has 1 N–H and O–H groups in total. The number of nitrogens with one attached hydrogen (secondary N) is 1. The number of H-pyrrole nitrogens is 1. The Morgan fingerprint density at radius 2 is 1.81 bits per heavy atom. The predicted molar refractivity (Wildman–Crippen MR) is 140 cm³/mol. The standard InChI is InChI=1S/C29H24N4O4/c1-18(34)32(15-14-20-17-30-23-7-3-2-6-22(20)23)25-16-27(35)33(29(25)36)21-12-10-19(11-13-21)28-31-24-8-4-5-9-26(24)37-28/h2-13,17,25,30H,14-16H2,1H3. The van der Waals surface area contributed by atoms with E-state index in [1.54, 1.807) is 24.3 Å². The minimum absolute atomic E-state index is 0.0425. The number of benzene rings is 3. The van der Waals surface area contributed by atoms with Crippen molar-refractivity contribution in [3.8, 4) is 11.5 Å². The molecule has 1 aliphatic heterocycles. The van der Waals surface area contributed by atoms with E-state index in [1.165, 1.54) is 16.7 Å². The van der Waals surface area contributed by atoms with Crippen LogP contribution in [0.2, 0.25) is 0 Å². The van der Waals surface area contributed by atoms with E-state index in [9.17, 15) is 14.4 Å². The number of imide groups is 1. The fraction of sp³-hybridized carbons (Fsp3) is 0.172. The van der Waals surface area contributed by atoms with Crippen molar-refractivity contribution in [3.05, 3.63) is 84.6 Å². The molecule has 8 heteroatoms. The average Bonchev–Trinajstić information content (AvgIpc) is 3.60. The molecule has 37 heavy (non-hydrogen) atoms. The SMILES string of the molecule is CC(=O)N(CCc1c[nH]c2ccccc12)C1CC(=O)N(c2ccc(-c3nc4ccccc4o3)cc2)C1=O. The molecule has 5 aromatic rings. The zero-order chi connectivity index (χ0) is 25.5. The van der Waals surface area contributed by atoms with Crippen molar-refractivity contribution in [1.29, 1.82) is 0 Å². The first-order valence-corrected chi connectivity index (χ1v) is 12.1. The van der Waals surface area contributed by atoms with Gasteiger partial charge in [0.1, 0.15) is 11.6 Å². The van der Waals surface area contributed by atoms with Gasteiger partial charge in [-0.15, -0.1) is 0 Å². The Bertz CT molecular complexity index is 1620. The van der Waals surface area contributed by atoms with Crippen molar-refractivity contribution >= 4 is 45.4 Å². The molecule has 0 spiro atoms.